The molecule has 1 N–H and O–H groups in total. The van der Waals surface area contributed by atoms with Crippen LogP contribution in [0.5, 0.6) is 0 Å². The minimum absolute atomic E-state index is 0.0188. The van der Waals surface area contributed by atoms with Gasteiger partial charge in [-0.3, -0.25) is 9.52 Å². The number of carbonyl (C=O) groups excluding carboxylic acids is 2. The molecule has 0 amide bonds. The monoisotopic (exact) mass is 321 g/mol. The van der Waals surface area contributed by atoms with E-state index in [9.17, 15) is 18.0 Å². The lowest BCUT2D eigenvalue weighted by molar-refractivity contribution is -0.140. The van der Waals surface area contributed by atoms with E-state index in [-0.39, 0.29) is 29.2 Å². The third-order valence-corrected chi connectivity index (χ3v) is 4.57. The third-order valence-electron chi connectivity index (χ3n) is 2.32. The molecule has 9 heteroatoms. The zero-order valence-electron chi connectivity index (χ0n) is 11.0. The molecule has 0 saturated carbocycles. The third kappa shape index (κ3) is 4.82. The molecule has 0 aliphatic carbocycles. The smallest absolute Gasteiger partial charge is 0.350 e. The van der Waals surface area contributed by atoms with Crippen molar-refractivity contribution in [2.75, 3.05) is 24.7 Å². The second-order valence-electron chi connectivity index (χ2n) is 3.76. The van der Waals surface area contributed by atoms with Crippen molar-refractivity contribution in [2.24, 2.45) is 0 Å². The van der Waals surface area contributed by atoms with E-state index in [1.807, 2.05) is 0 Å². The summed E-state index contributed by atoms with van der Waals surface area (Å²) in [4.78, 5) is 22.5. The molecular weight excluding hydrogens is 306 g/mol. The lowest BCUT2D eigenvalue weighted by Gasteiger charge is -2.07. The number of thiophene rings is 1. The lowest BCUT2D eigenvalue weighted by atomic mass is 10.3. The fourth-order valence-electron chi connectivity index (χ4n) is 1.37. The number of nitrogens with one attached hydrogen (secondary N) is 1. The molecular formula is C11H15NO6S2. The Kier molecular flexibility index (Phi) is 5.96. The Morgan fingerprint density at radius 2 is 2.00 bits per heavy atom. The first-order valence-electron chi connectivity index (χ1n) is 5.62. The van der Waals surface area contributed by atoms with Gasteiger partial charge in [-0.05, 0) is 17.9 Å². The van der Waals surface area contributed by atoms with Crippen LogP contribution in [0.25, 0.3) is 0 Å². The Morgan fingerprint density at radius 3 is 2.60 bits per heavy atom. The van der Waals surface area contributed by atoms with Gasteiger partial charge in [-0.2, -0.15) is 0 Å². The number of carbonyl (C=O) groups is 2. The predicted molar refractivity (Wildman–Crippen MR) is 74.3 cm³/mol. The minimum atomic E-state index is -3.63. The highest BCUT2D eigenvalue weighted by atomic mass is 32.2. The highest BCUT2D eigenvalue weighted by Gasteiger charge is 2.18. The maximum Gasteiger partial charge on any atom is 0.350 e. The normalized spacial score (nSPS) is 10.9. The van der Waals surface area contributed by atoms with E-state index in [0.717, 1.165) is 11.3 Å². The van der Waals surface area contributed by atoms with Gasteiger partial charge in [0, 0.05) is 6.42 Å². The molecule has 0 aliphatic rings. The summed E-state index contributed by atoms with van der Waals surface area (Å²) in [6.45, 7) is 0. The molecule has 0 fully saturated rings. The zero-order chi connectivity index (χ0) is 15.2. The summed E-state index contributed by atoms with van der Waals surface area (Å²) in [5.41, 5.74) is 0.180. The largest absolute Gasteiger partial charge is 0.469 e. The van der Waals surface area contributed by atoms with Crippen molar-refractivity contribution < 1.29 is 27.5 Å². The van der Waals surface area contributed by atoms with Crippen LogP contribution in [0, 0.1) is 0 Å². The average Bonchev–Trinajstić information content (AvgIpc) is 2.84. The van der Waals surface area contributed by atoms with Crippen LogP contribution in [0.2, 0.25) is 0 Å². The van der Waals surface area contributed by atoms with Crippen molar-refractivity contribution in [1.29, 1.82) is 0 Å². The van der Waals surface area contributed by atoms with E-state index in [0.29, 0.717) is 0 Å². The molecule has 0 bridgehead atoms. The van der Waals surface area contributed by atoms with Gasteiger partial charge >= 0.3 is 11.9 Å². The molecule has 0 aromatic carbocycles. The van der Waals surface area contributed by atoms with Crippen LogP contribution in [0.3, 0.4) is 0 Å². The SMILES string of the molecule is COC(=O)CCCS(=O)(=O)Nc1ccsc1C(=O)OC. The van der Waals surface area contributed by atoms with Crippen molar-refractivity contribution in [3.05, 3.63) is 16.3 Å². The summed E-state index contributed by atoms with van der Waals surface area (Å²) in [5.74, 6) is -1.31. The van der Waals surface area contributed by atoms with Crippen LogP contribution in [-0.2, 0) is 24.3 Å². The summed E-state index contributed by atoms with van der Waals surface area (Å²) in [5, 5.41) is 1.58. The van der Waals surface area contributed by atoms with E-state index in [2.05, 4.69) is 14.2 Å². The highest BCUT2D eigenvalue weighted by Crippen LogP contribution is 2.24. The number of methoxy groups -OCH3 is 2. The molecule has 20 heavy (non-hydrogen) atoms. The van der Waals surface area contributed by atoms with Crippen molar-refractivity contribution in [3.63, 3.8) is 0 Å². The molecule has 7 nitrogen and oxygen atoms in total. The van der Waals surface area contributed by atoms with Gasteiger partial charge < -0.3 is 9.47 Å². The molecule has 1 rings (SSSR count). The summed E-state index contributed by atoms with van der Waals surface area (Å²) >= 11 is 1.08. The van der Waals surface area contributed by atoms with Gasteiger partial charge in [-0.15, -0.1) is 11.3 Å². The maximum atomic E-state index is 11.8. The lowest BCUT2D eigenvalue weighted by Crippen LogP contribution is -2.18. The van der Waals surface area contributed by atoms with Crippen LogP contribution in [-0.4, -0.2) is 40.3 Å². The number of esters is 2. The Balaban J connectivity index is 2.65. The average molecular weight is 321 g/mol. The number of ether oxygens (including phenoxy) is 2. The zero-order valence-corrected chi connectivity index (χ0v) is 12.7. The fourth-order valence-corrected chi connectivity index (χ4v) is 3.33. The van der Waals surface area contributed by atoms with Gasteiger partial charge in [0.15, 0.2) is 0 Å². The molecule has 0 unspecified atom stereocenters. The Morgan fingerprint density at radius 1 is 1.30 bits per heavy atom. The molecule has 1 aromatic rings. The molecule has 0 spiro atoms. The number of hydrogen-bond acceptors (Lipinski definition) is 7. The van der Waals surface area contributed by atoms with Gasteiger partial charge in [0.1, 0.15) is 4.88 Å². The Labute approximate surface area is 120 Å². The molecule has 1 heterocycles. The predicted octanol–water partition coefficient (Wildman–Crippen LogP) is 1.23. The van der Waals surface area contributed by atoms with E-state index in [4.69, 9.17) is 0 Å². The molecule has 0 saturated heterocycles. The number of anilines is 1. The standard InChI is InChI=1S/C11H15NO6S2/c1-17-9(13)4-3-7-20(15,16)12-8-5-6-19-10(8)11(14)18-2/h5-6,12H,3-4,7H2,1-2H3. The molecule has 1 aromatic heterocycles. The van der Waals surface area contributed by atoms with Crippen molar-refractivity contribution in [2.45, 2.75) is 12.8 Å². The second-order valence-corrected chi connectivity index (χ2v) is 6.51. The summed E-state index contributed by atoms with van der Waals surface area (Å²) in [6, 6.07) is 1.48. The number of rotatable bonds is 7. The highest BCUT2D eigenvalue weighted by molar-refractivity contribution is 7.92. The van der Waals surface area contributed by atoms with Crippen molar-refractivity contribution >= 4 is 39.0 Å². The van der Waals surface area contributed by atoms with Crippen LogP contribution < -0.4 is 4.72 Å². The van der Waals surface area contributed by atoms with Gasteiger partial charge in [0.05, 0.1) is 25.7 Å². The van der Waals surface area contributed by atoms with Crippen LogP contribution >= 0.6 is 11.3 Å². The molecule has 0 aliphatic heterocycles. The van der Waals surface area contributed by atoms with Gasteiger partial charge in [0.25, 0.3) is 0 Å². The Hall–Kier alpha value is -1.61. The van der Waals surface area contributed by atoms with E-state index >= 15 is 0 Å². The molecule has 112 valence electrons. The first-order valence-corrected chi connectivity index (χ1v) is 8.16. The quantitative estimate of drug-likeness (QED) is 0.758. The maximum absolute atomic E-state index is 11.8. The number of sulfonamides is 1. The second kappa shape index (κ2) is 7.25. The fraction of sp³-hybridized carbons (Fsp3) is 0.455. The van der Waals surface area contributed by atoms with Crippen LogP contribution in [0.4, 0.5) is 5.69 Å². The van der Waals surface area contributed by atoms with Crippen LogP contribution in [0.1, 0.15) is 22.5 Å². The van der Waals surface area contributed by atoms with E-state index in [1.54, 1.807) is 5.38 Å². The summed E-state index contributed by atoms with van der Waals surface area (Å²) < 4.78 is 34.9. The molecule has 0 atom stereocenters. The van der Waals surface area contributed by atoms with E-state index < -0.39 is 22.0 Å². The van der Waals surface area contributed by atoms with Crippen molar-refractivity contribution in [1.82, 2.24) is 0 Å². The topological polar surface area (TPSA) is 98.8 Å². The van der Waals surface area contributed by atoms with Gasteiger partial charge in [0.2, 0.25) is 10.0 Å². The van der Waals surface area contributed by atoms with Gasteiger partial charge in [-0.1, -0.05) is 0 Å². The minimum Gasteiger partial charge on any atom is -0.469 e. The summed E-state index contributed by atoms with van der Waals surface area (Å²) in [6.07, 6.45) is 0.157. The van der Waals surface area contributed by atoms with Gasteiger partial charge in [-0.25, -0.2) is 13.2 Å². The van der Waals surface area contributed by atoms with E-state index in [1.165, 1.54) is 20.3 Å². The first kappa shape index (κ1) is 16.4. The summed E-state index contributed by atoms with van der Waals surface area (Å²) in [7, 11) is -1.17. The van der Waals surface area contributed by atoms with Crippen LogP contribution in [0.15, 0.2) is 11.4 Å². The number of hydrogen-bond donors (Lipinski definition) is 1. The first-order chi connectivity index (χ1) is 9.39. The Bertz CT molecular complexity index is 577. The van der Waals surface area contributed by atoms with Crippen molar-refractivity contribution in [3.8, 4) is 0 Å². The molecule has 0 radical (unpaired) electrons.